The zero-order valence-corrected chi connectivity index (χ0v) is 10.6. The summed E-state index contributed by atoms with van der Waals surface area (Å²) in [5.74, 6) is -0.241. The Hall–Kier alpha value is -0.680. The minimum absolute atomic E-state index is 0.0903. The first-order valence-corrected chi connectivity index (χ1v) is 6.12. The first-order valence-electron chi connectivity index (χ1n) is 4.79. The van der Waals surface area contributed by atoms with Crippen LogP contribution in [0, 0.1) is 11.9 Å². The molecule has 1 aromatic heterocycles. The highest BCUT2D eigenvalue weighted by Gasteiger charge is 2.31. The summed E-state index contributed by atoms with van der Waals surface area (Å²) in [5, 5.41) is 0. The molecule has 1 aromatic rings. The minimum atomic E-state index is -0.633. The molecule has 0 spiro atoms. The smallest absolute Gasteiger partial charge is 0.236 e. The maximum Gasteiger partial charge on any atom is 0.236 e. The predicted molar refractivity (Wildman–Crippen MR) is 63.1 cm³/mol. The highest BCUT2D eigenvalue weighted by atomic mass is 79.9. The van der Waals surface area contributed by atoms with Crippen molar-refractivity contribution in [3.05, 3.63) is 22.7 Å². The number of rotatable bonds is 2. The monoisotopic (exact) mass is 306 g/mol. The van der Waals surface area contributed by atoms with E-state index in [4.69, 9.17) is 11.6 Å². The van der Waals surface area contributed by atoms with Crippen molar-refractivity contribution in [1.29, 1.82) is 0 Å². The van der Waals surface area contributed by atoms with Crippen LogP contribution in [0.25, 0.3) is 0 Å². The number of aromatic nitrogens is 1. The lowest BCUT2D eigenvalue weighted by Gasteiger charge is -2.16. The second-order valence-corrected chi connectivity index (χ2v) is 4.92. The molecular weight excluding hydrogens is 298 g/mol. The topological polar surface area (TPSA) is 33.2 Å². The van der Waals surface area contributed by atoms with Gasteiger partial charge in [-0.15, -0.1) is 11.6 Å². The van der Waals surface area contributed by atoms with Crippen molar-refractivity contribution in [2.75, 3.05) is 17.3 Å². The van der Waals surface area contributed by atoms with Crippen molar-refractivity contribution in [1.82, 2.24) is 4.98 Å². The Morgan fingerprint density at radius 3 is 3.06 bits per heavy atom. The van der Waals surface area contributed by atoms with Gasteiger partial charge in [0.25, 0.3) is 0 Å². The number of carbonyl (C=O) groups is 1. The molecule has 16 heavy (non-hydrogen) atoms. The fourth-order valence-corrected chi connectivity index (χ4v) is 2.24. The highest BCUT2D eigenvalue weighted by molar-refractivity contribution is 9.10. The van der Waals surface area contributed by atoms with Crippen molar-refractivity contribution >= 4 is 39.1 Å². The molecule has 0 saturated carbocycles. The molecular formula is C10H9BrClFN2O. The summed E-state index contributed by atoms with van der Waals surface area (Å²) in [7, 11) is 0. The zero-order chi connectivity index (χ0) is 11.7. The number of nitrogens with zero attached hydrogens (tertiary/aromatic N) is 2. The molecule has 1 aliphatic heterocycles. The molecule has 2 heterocycles. The van der Waals surface area contributed by atoms with Gasteiger partial charge in [-0.25, -0.2) is 4.98 Å². The van der Waals surface area contributed by atoms with Gasteiger partial charge >= 0.3 is 0 Å². The Morgan fingerprint density at radius 2 is 2.44 bits per heavy atom. The number of amides is 1. The van der Waals surface area contributed by atoms with E-state index < -0.39 is 5.95 Å². The van der Waals surface area contributed by atoms with Gasteiger partial charge in [-0.05, 0) is 27.9 Å². The van der Waals surface area contributed by atoms with E-state index in [-0.39, 0.29) is 17.5 Å². The summed E-state index contributed by atoms with van der Waals surface area (Å²) in [5.41, 5.74) is 0.215. The molecule has 86 valence electrons. The maximum atomic E-state index is 13.5. The van der Waals surface area contributed by atoms with Gasteiger partial charge < -0.3 is 4.90 Å². The predicted octanol–water partition coefficient (Wildman–Crippen LogP) is 2.57. The van der Waals surface area contributed by atoms with Gasteiger partial charge in [-0.1, -0.05) is 0 Å². The van der Waals surface area contributed by atoms with Gasteiger partial charge in [-0.3, -0.25) is 4.79 Å². The lowest BCUT2D eigenvalue weighted by molar-refractivity contribution is -0.117. The molecule has 3 nitrogen and oxygen atoms in total. The fourth-order valence-electron chi connectivity index (χ4n) is 1.72. The van der Waals surface area contributed by atoms with Gasteiger partial charge in [0, 0.05) is 29.5 Å². The van der Waals surface area contributed by atoms with Crippen molar-refractivity contribution in [2.24, 2.45) is 5.92 Å². The number of carbonyl (C=O) groups excluding carboxylic acids is 1. The van der Waals surface area contributed by atoms with Gasteiger partial charge in [0.1, 0.15) is 5.69 Å². The van der Waals surface area contributed by atoms with E-state index in [2.05, 4.69) is 20.9 Å². The zero-order valence-electron chi connectivity index (χ0n) is 8.29. The van der Waals surface area contributed by atoms with Crippen molar-refractivity contribution in [2.45, 2.75) is 6.42 Å². The highest BCUT2D eigenvalue weighted by Crippen LogP contribution is 2.28. The molecule has 0 radical (unpaired) electrons. The third kappa shape index (κ3) is 2.20. The molecule has 1 unspecified atom stereocenters. The Balaban J connectivity index is 2.30. The summed E-state index contributed by atoms with van der Waals surface area (Å²) in [6, 6.07) is 1.55. The SMILES string of the molecule is O=C1CC(CCl)CN1c1cc(Br)cnc1F. The van der Waals surface area contributed by atoms with E-state index in [1.165, 1.54) is 11.1 Å². The number of anilines is 1. The Morgan fingerprint density at radius 1 is 1.69 bits per heavy atom. The lowest BCUT2D eigenvalue weighted by Crippen LogP contribution is -2.26. The van der Waals surface area contributed by atoms with Crippen LogP contribution in [-0.4, -0.2) is 23.3 Å². The Kier molecular flexibility index (Phi) is 3.44. The van der Waals surface area contributed by atoms with E-state index in [1.807, 2.05) is 0 Å². The Labute approximate surface area is 106 Å². The van der Waals surface area contributed by atoms with Crippen molar-refractivity contribution < 1.29 is 9.18 Å². The Bertz CT molecular complexity index is 429. The lowest BCUT2D eigenvalue weighted by atomic mass is 10.1. The average Bonchev–Trinajstić information content (AvgIpc) is 2.63. The van der Waals surface area contributed by atoms with Gasteiger partial charge in [-0.2, -0.15) is 4.39 Å². The summed E-state index contributed by atoms with van der Waals surface area (Å²) >= 11 is 8.90. The van der Waals surface area contributed by atoms with Crippen LogP contribution in [-0.2, 0) is 4.79 Å². The first-order chi connectivity index (χ1) is 7.61. The quantitative estimate of drug-likeness (QED) is 0.621. The summed E-state index contributed by atoms with van der Waals surface area (Å²) in [4.78, 5) is 16.6. The van der Waals surface area contributed by atoms with Crippen LogP contribution < -0.4 is 4.90 Å². The molecule has 0 N–H and O–H groups in total. The normalized spacial score (nSPS) is 20.6. The van der Waals surface area contributed by atoms with E-state index in [0.717, 1.165) is 0 Å². The molecule has 6 heteroatoms. The van der Waals surface area contributed by atoms with Crippen LogP contribution in [0.4, 0.5) is 10.1 Å². The molecule has 0 aromatic carbocycles. The molecule has 0 aliphatic carbocycles. The summed E-state index contributed by atoms with van der Waals surface area (Å²) < 4.78 is 14.1. The fraction of sp³-hybridized carbons (Fsp3) is 0.400. The third-order valence-electron chi connectivity index (χ3n) is 2.50. The van der Waals surface area contributed by atoms with Gasteiger partial charge in [0.2, 0.25) is 11.9 Å². The van der Waals surface area contributed by atoms with E-state index in [1.54, 1.807) is 6.07 Å². The van der Waals surface area contributed by atoms with Crippen LogP contribution in [0.5, 0.6) is 0 Å². The molecule has 1 atom stereocenters. The largest absolute Gasteiger partial charge is 0.308 e. The second kappa shape index (κ2) is 4.67. The second-order valence-electron chi connectivity index (χ2n) is 3.69. The van der Waals surface area contributed by atoms with Crippen LogP contribution in [0.2, 0.25) is 0 Å². The van der Waals surface area contributed by atoms with Crippen LogP contribution in [0.3, 0.4) is 0 Å². The number of pyridine rings is 1. The molecule has 1 aliphatic rings. The average molecular weight is 308 g/mol. The van der Waals surface area contributed by atoms with Gasteiger partial charge in [0.05, 0.1) is 0 Å². The molecule has 1 amide bonds. The third-order valence-corrected chi connectivity index (χ3v) is 3.37. The molecule has 0 bridgehead atoms. The number of halogens is 3. The number of alkyl halides is 1. The van der Waals surface area contributed by atoms with Crippen LogP contribution in [0.1, 0.15) is 6.42 Å². The summed E-state index contributed by atoms with van der Waals surface area (Å²) in [6.45, 7) is 0.456. The van der Waals surface area contributed by atoms with Gasteiger partial charge in [0.15, 0.2) is 0 Å². The minimum Gasteiger partial charge on any atom is -0.308 e. The molecule has 1 fully saturated rings. The van der Waals surface area contributed by atoms with Crippen molar-refractivity contribution in [3.8, 4) is 0 Å². The van der Waals surface area contributed by atoms with E-state index in [9.17, 15) is 9.18 Å². The number of hydrogen-bond acceptors (Lipinski definition) is 2. The first kappa shape index (κ1) is 11.8. The summed E-state index contributed by atoms with van der Waals surface area (Å²) in [6.07, 6.45) is 1.73. The van der Waals surface area contributed by atoms with Crippen LogP contribution >= 0.6 is 27.5 Å². The number of hydrogen-bond donors (Lipinski definition) is 0. The van der Waals surface area contributed by atoms with Crippen molar-refractivity contribution in [3.63, 3.8) is 0 Å². The van der Waals surface area contributed by atoms with Crippen LogP contribution in [0.15, 0.2) is 16.7 Å². The molecule has 2 rings (SSSR count). The maximum absolute atomic E-state index is 13.5. The standard InChI is InChI=1S/C10H9BrClFN2O/c11-7-2-8(10(13)14-4-7)15-5-6(3-12)1-9(15)16/h2,4,6H,1,3,5H2. The van der Waals surface area contributed by atoms with E-state index >= 15 is 0 Å². The molecule has 1 saturated heterocycles. The van der Waals surface area contributed by atoms with E-state index in [0.29, 0.717) is 23.3 Å².